The number of carbonyl (C=O) groups excluding carboxylic acids is 1. The number of hydrogen-bond donors (Lipinski definition) is 2. The van der Waals surface area contributed by atoms with Crippen molar-refractivity contribution in [2.45, 2.75) is 25.5 Å². The van der Waals surface area contributed by atoms with E-state index >= 15 is 0 Å². The summed E-state index contributed by atoms with van der Waals surface area (Å²) in [6.45, 7) is 2.98. The third kappa shape index (κ3) is 5.11. The van der Waals surface area contributed by atoms with Gasteiger partial charge in [0.15, 0.2) is 9.84 Å². The van der Waals surface area contributed by atoms with Gasteiger partial charge < -0.3 is 10.4 Å². The van der Waals surface area contributed by atoms with Gasteiger partial charge in [0.2, 0.25) is 5.91 Å². The molecule has 1 amide bonds. The molecule has 2 N–H and O–H groups in total. The Labute approximate surface area is 95.0 Å². The summed E-state index contributed by atoms with van der Waals surface area (Å²) < 4.78 is 22.0. The monoisotopic (exact) mass is 251 g/mol. The van der Waals surface area contributed by atoms with Crippen LogP contribution in [0.15, 0.2) is 0 Å². The van der Waals surface area contributed by atoms with Crippen LogP contribution in [0.25, 0.3) is 0 Å². The number of carbonyl (C=O) groups is 2. The van der Waals surface area contributed by atoms with Crippen LogP contribution in [0, 0.1) is 5.92 Å². The normalized spacial score (nSPS) is 15.2. The Morgan fingerprint density at radius 3 is 2.19 bits per heavy atom. The molecule has 0 aliphatic carbocycles. The maximum absolute atomic E-state index is 11.3. The lowest BCUT2D eigenvalue weighted by Gasteiger charge is -2.11. The number of hydrogen-bond acceptors (Lipinski definition) is 4. The lowest BCUT2D eigenvalue weighted by Crippen LogP contribution is -2.38. The number of carboxylic acid groups (broad SMARTS) is 1. The average molecular weight is 251 g/mol. The summed E-state index contributed by atoms with van der Waals surface area (Å²) in [7, 11) is -3.40. The van der Waals surface area contributed by atoms with Crippen LogP contribution < -0.4 is 5.32 Å². The predicted molar refractivity (Wildman–Crippen MR) is 58.7 cm³/mol. The van der Waals surface area contributed by atoms with E-state index in [4.69, 9.17) is 5.11 Å². The molecule has 94 valence electrons. The number of amides is 1. The molecule has 7 heteroatoms. The SMILES string of the molecule is CC(CCNC(=O)C(C)S(C)(=O)=O)C(=O)O. The van der Waals surface area contributed by atoms with Crippen LogP contribution in [0.3, 0.4) is 0 Å². The smallest absolute Gasteiger partial charge is 0.306 e. The third-order valence-electron chi connectivity index (χ3n) is 2.31. The largest absolute Gasteiger partial charge is 0.481 e. The summed E-state index contributed by atoms with van der Waals surface area (Å²) in [5, 5.41) is 9.87. The molecule has 2 unspecified atom stereocenters. The van der Waals surface area contributed by atoms with Crippen LogP contribution in [-0.4, -0.2) is 43.5 Å². The highest BCUT2D eigenvalue weighted by atomic mass is 32.2. The molecular formula is C9H17NO5S. The highest BCUT2D eigenvalue weighted by Gasteiger charge is 2.23. The second kappa shape index (κ2) is 5.83. The Morgan fingerprint density at radius 2 is 1.81 bits per heavy atom. The Balaban J connectivity index is 4.06. The van der Waals surface area contributed by atoms with Gasteiger partial charge in [0.05, 0.1) is 5.92 Å². The van der Waals surface area contributed by atoms with Crippen LogP contribution in [0.2, 0.25) is 0 Å². The minimum atomic E-state index is -3.40. The van der Waals surface area contributed by atoms with E-state index in [-0.39, 0.29) is 13.0 Å². The van der Waals surface area contributed by atoms with E-state index in [0.29, 0.717) is 0 Å². The van der Waals surface area contributed by atoms with Crippen LogP contribution in [-0.2, 0) is 19.4 Å². The number of carboxylic acids is 1. The van der Waals surface area contributed by atoms with Gasteiger partial charge >= 0.3 is 5.97 Å². The molecule has 0 aromatic carbocycles. The van der Waals surface area contributed by atoms with E-state index in [9.17, 15) is 18.0 Å². The summed E-state index contributed by atoms with van der Waals surface area (Å²) in [6.07, 6.45) is 1.26. The fraction of sp³-hybridized carbons (Fsp3) is 0.778. The minimum absolute atomic E-state index is 0.159. The predicted octanol–water partition coefficient (Wildman–Crippen LogP) is -0.353. The number of sulfone groups is 1. The summed E-state index contributed by atoms with van der Waals surface area (Å²) in [6, 6.07) is 0. The second-order valence-electron chi connectivity index (χ2n) is 3.79. The fourth-order valence-corrected chi connectivity index (χ4v) is 1.35. The Morgan fingerprint density at radius 1 is 1.31 bits per heavy atom. The maximum Gasteiger partial charge on any atom is 0.306 e. The van der Waals surface area contributed by atoms with Crippen molar-refractivity contribution in [3.63, 3.8) is 0 Å². The molecule has 6 nitrogen and oxygen atoms in total. The summed E-state index contributed by atoms with van der Waals surface area (Å²) in [4.78, 5) is 21.8. The standard InChI is InChI=1S/C9H17NO5S/c1-6(9(12)13)4-5-10-8(11)7(2)16(3,14)15/h6-7H,4-5H2,1-3H3,(H,10,11)(H,12,13). The molecule has 0 radical (unpaired) electrons. The molecule has 0 fully saturated rings. The average Bonchev–Trinajstić information content (AvgIpc) is 2.14. The minimum Gasteiger partial charge on any atom is -0.481 e. The van der Waals surface area contributed by atoms with Crippen molar-refractivity contribution in [2.75, 3.05) is 12.8 Å². The number of rotatable bonds is 6. The Kier molecular flexibility index (Phi) is 5.43. The van der Waals surface area contributed by atoms with Gasteiger partial charge in [-0.2, -0.15) is 0 Å². The van der Waals surface area contributed by atoms with Gasteiger partial charge in [-0.1, -0.05) is 6.92 Å². The van der Waals surface area contributed by atoms with Gasteiger partial charge in [-0.3, -0.25) is 9.59 Å². The topological polar surface area (TPSA) is 101 Å². The van der Waals surface area contributed by atoms with Gasteiger partial charge in [-0.25, -0.2) is 8.42 Å². The molecule has 0 spiro atoms. The van der Waals surface area contributed by atoms with Crippen LogP contribution in [0.5, 0.6) is 0 Å². The highest BCUT2D eigenvalue weighted by Crippen LogP contribution is 2.01. The molecule has 0 rings (SSSR count). The summed E-state index contributed by atoms with van der Waals surface area (Å²) in [5.74, 6) is -2.10. The Bertz CT molecular complexity index is 362. The number of aliphatic carboxylic acids is 1. The van der Waals surface area contributed by atoms with E-state index < -0.39 is 32.9 Å². The van der Waals surface area contributed by atoms with Crippen molar-refractivity contribution in [2.24, 2.45) is 5.92 Å². The van der Waals surface area contributed by atoms with Gasteiger partial charge in [0.25, 0.3) is 0 Å². The molecule has 0 aliphatic heterocycles. The first-order valence-corrected chi connectivity index (χ1v) is 6.81. The van der Waals surface area contributed by atoms with Gasteiger partial charge in [0, 0.05) is 12.8 Å². The molecule has 0 bridgehead atoms. The second-order valence-corrected chi connectivity index (χ2v) is 6.16. The molecule has 0 aromatic rings. The van der Waals surface area contributed by atoms with Crippen molar-refractivity contribution < 1.29 is 23.1 Å². The first kappa shape index (κ1) is 14.9. The van der Waals surface area contributed by atoms with Gasteiger partial charge in [-0.15, -0.1) is 0 Å². The summed E-state index contributed by atoms with van der Waals surface area (Å²) >= 11 is 0. The van der Waals surface area contributed by atoms with Crippen molar-refractivity contribution in [3.8, 4) is 0 Å². The van der Waals surface area contributed by atoms with E-state index in [0.717, 1.165) is 6.26 Å². The quantitative estimate of drug-likeness (QED) is 0.671. The fourth-order valence-electron chi connectivity index (χ4n) is 0.874. The van der Waals surface area contributed by atoms with Crippen LogP contribution in [0.1, 0.15) is 20.3 Å². The van der Waals surface area contributed by atoms with E-state index in [2.05, 4.69) is 5.32 Å². The lowest BCUT2D eigenvalue weighted by atomic mass is 10.1. The van der Waals surface area contributed by atoms with E-state index in [1.165, 1.54) is 13.8 Å². The highest BCUT2D eigenvalue weighted by molar-refractivity contribution is 7.92. The van der Waals surface area contributed by atoms with E-state index in [1.807, 2.05) is 0 Å². The van der Waals surface area contributed by atoms with E-state index in [1.54, 1.807) is 0 Å². The summed E-state index contributed by atoms with van der Waals surface area (Å²) in [5.41, 5.74) is 0. The molecule has 0 saturated carbocycles. The van der Waals surface area contributed by atoms with Gasteiger partial charge in [0.1, 0.15) is 5.25 Å². The molecule has 0 aromatic heterocycles. The van der Waals surface area contributed by atoms with Crippen LogP contribution in [0.4, 0.5) is 0 Å². The zero-order chi connectivity index (χ0) is 12.9. The molecule has 0 heterocycles. The lowest BCUT2D eigenvalue weighted by molar-refractivity contribution is -0.141. The van der Waals surface area contributed by atoms with Crippen molar-refractivity contribution in [1.29, 1.82) is 0 Å². The zero-order valence-corrected chi connectivity index (χ0v) is 10.4. The zero-order valence-electron chi connectivity index (χ0n) is 9.56. The third-order valence-corrected chi connectivity index (χ3v) is 3.81. The molecule has 0 aliphatic rings. The maximum atomic E-state index is 11.3. The van der Waals surface area contributed by atoms with Crippen molar-refractivity contribution >= 4 is 21.7 Å². The van der Waals surface area contributed by atoms with Crippen LogP contribution >= 0.6 is 0 Å². The number of nitrogens with one attached hydrogen (secondary N) is 1. The first-order chi connectivity index (χ1) is 7.16. The molecular weight excluding hydrogens is 234 g/mol. The van der Waals surface area contributed by atoms with Crippen molar-refractivity contribution in [1.82, 2.24) is 5.32 Å². The Hall–Kier alpha value is -1.11. The molecule has 0 saturated heterocycles. The molecule has 16 heavy (non-hydrogen) atoms. The first-order valence-electron chi connectivity index (χ1n) is 4.85. The molecule has 2 atom stereocenters. The van der Waals surface area contributed by atoms with Gasteiger partial charge in [-0.05, 0) is 13.3 Å². The van der Waals surface area contributed by atoms with Crippen molar-refractivity contribution in [3.05, 3.63) is 0 Å².